The molecule has 1 unspecified atom stereocenters. The van der Waals surface area contributed by atoms with Crippen LogP contribution in [0.25, 0.3) is 0 Å². The summed E-state index contributed by atoms with van der Waals surface area (Å²) in [4.78, 5) is 0. The molecule has 0 aliphatic rings. The van der Waals surface area contributed by atoms with Gasteiger partial charge in [-0.15, -0.1) is 0 Å². The maximum atomic E-state index is 8.54. The predicted octanol–water partition coefficient (Wildman–Crippen LogP) is 1.55. The summed E-state index contributed by atoms with van der Waals surface area (Å²) in [7, 11) is 1.63. The summed E-state index contributed by atoms with van der Waals surface area (Å²) in [5, 5.41) is 14.6. The van der Waals surface area contributed by atoms with Crippen molar-refractivity contribution in [2.75, 3.05) is 12.4 Å². The van der Waals surface area contributed by atoms with Crippen LogP contribution in [0.2, 0.25) is 0 Å². The molecule has 16 heavy (non-hydrogen) atoms. The Hall–Kier alpha value is -1.91. The number of hydrogen-bond donors (Lipinski definition) is 3. The normalized spacial score (nSPS) is 13.3. The molecule has 0 spiro atoms. The number of amidine groups is 1. The zero-order valence-electron chi connectivity index (χ0n) is 9.69. The summed E-state index contributed by atoms with van der Waals surface area (Å²) in [6.45, 7) is 3.78. The predicted molar refractivity (Wildman–Crippen MR) is 64.2 cm³/mol. The van der Waals surface area contributed by atoms with Crippen LogP contribution in [0, 0.1) is 6.92 Å². The average Bonchev–Trinajstić information content (AvgIpc) is 2.30. The van der Waals surface area contributed by atoms with E-state index in [1.165, 1.54) is 0 Å². The second-order valence-corrected chi connectivity index (χ2v) is 3.57. The fourth-order valence-corrected chi connectivity index (χ4v) is 1.32. The summed E-state index contributed by atoms with van der Waals surface area (Å²) in [6.07, 6.45) is 0. The van der Waals surface area contributed by atoms with Crippen molar-refractivity contribution in [3.8, 4) is 5.75 Å². The van der Waals surface area contributed by atoms with Gasteiger partial charge in [0.15, 0.2) is 5.84 Å². The lowest BCUT2D eigenvalue weighted by atomic mass is 10.1. The van der Waals surface area contributed by atoms with Crippen LogP contribution in [0.5, 0.6) is 5.75 Å². The van der Waals surface area contributed by atoms with Crippen molar-refractivity contribution < 1.29 is 9.94 Å². The van der Waals surface area contributed by atoms with E-state index in [2.05, 4.69) is 10.5 Å². The molecule has 0 aliphatic carbocycles. The highest BCUT2D eigenvalue weighted by molar-refractivity contribution is 5.87. The molecule has 0 aromatic heterocycles. The van der Waals surface area contributed by atoms with Crippen LogP contribution in [0.3, 0.4) is 0 Å². The summed E-state index contributed by atoms with van der Waals surface area (Å²) < 4.78 is 5.11. The summed E-state index contributed by atoms with van der Waals surface area (Å²) in [5.41, 5.74) is 7.45. The Balaban J connectivity index is 2.82. The molecule has 0 amide bonds. The van der Waals surface area contributed by atoms with E-state index in [1.807, 2.05) is 32.0 Å². The van der Waals surface area contributed by atoms with Crippen LogP contribution >= 0.6 is 0 Å². The molecular formula is C11H17N3O2. The molecule has 4 N–H and O–H groups in total. The smallest absolute Gasteiger partial charge is 0.161 e. The van der Waals surface area contributed by atoms with Gasteiger partial charge in [-0.3, -0.25) is 0 Å². The Morgan fingerprint density at radius 3 is 2.75 bits per heavy atom. The first-order valence-corrected chi connectivity index (χ1v) is 4.97. The highest BCUT2D eigenvalue weighted by Crippen LogP contribution is 2.21. The van der Waals surface area contributed by atoms with E-state index in [0.29, 0.717) is 0 Å². The first kappa shape index (κ1) is 12.2. The molecular weight excluding hydrogens is 206 g/mol. The van der Waals surface area contributed by atoms with Gasteiger partial charge in [-0.05, 0) is 37.6 Å². The monoisotopic (exact) mass is 223 g/mol. The number of anilines is 1. The quantitative estimate of drug-likeness (QED) is 0.313. The van der Waals surface area contributed by atoms with Crippen molar-refractivity contribution in [3.63, 3.8) is 0 Å². The van der Waals surface area contributed by atoms with Gasteiger partial charge in [-0.25, -0.2) is 0 Å². The Morgan fingerprint density at radius 1 is 1.56 bits per heavy atom. The molecule has 0 saturated heterocycles. The van der Waals surface area contributed by atoms with Crippen molar-refractivity contribution >= 4 is 11.5 Å². The summed E-state index contributed by atoms with van der Waals surface area (Å²) in [6, 6.07) is 5.45. The Kier molecular flexibility index (Phi) is 3.99. The molecule has 0 saturated carbocycles. The van der Waals surface area contributed by atoms with Gasteiger partial charge in [0.25, 0.3) is 0 Å². The average molecular weight is 223 g/mol. The van der Waals surface area contributed by atoms with Gasteiger partial charge >= 0.3 is 0 Å². The van der Waals surface area contributed by atoms with E-state index >= 15 is 0 Å². The molecule has 1 aromatic carbocycles. The number of hydrogen-bond acceptors (Lipinski definition) is 4. The molecule has 0 heterocycles. The lowest BCUT2D eigenvalue weighted by molar-refractivity contribution is 0.316. The molecule has 1 rings (SSSR count). The maximum absolute atomic E-state index is 8.54. The van der Waals surface area contributed by atoms with E-state index < -0.39 is 0 Å². The number of ether oxygens (including phenoxy) is 1. The highest BCUT2D eigenvalue weighted by atomic mass is 16.5. The third kappa shape index (κ3) is 2.79. The third-order valence-electron chi connectivity index (χ3n) is 2.36. The number of oxime groups is 1. The minimum atomic E-state index is -0.225. The topological polar surface area (TPSA) is 79.9 Å². The second kappa shape index (κ2) is 5.25. The number of rotatable bonds is 4. The van der Waals surface area contributed by atoms with Gasteiger partial charge in [-0.1, -0.05) is 5.16 Å². The van der Waals surface area contributed by atoms with Crippen molar-refractivity contribution in [1.82, 2.24) is 0 Å². The molecule has 5 heteroatoms. The molecule has 88 valence electrons. The van der Waals surface area contributed by atoms with Crippen LogP contribution in [0.4, 0.5) is 5.69 Å². The van der Waals surface area contributed by atoms with E-state index in [1.54, 1.807) is 7.11 Å². The van der Waals surface area contributed by atoms with Crippen LogP contribution < -0.4 is 15.8 Å². The molecule has 0 aliphatic heterocycles. The van der Waals surface area contributed by atoms with E-state index in [4.69, 9.17) is 15.7 Å². The van der Waals surface area contributed by atoms with Crippen LogP contribution in [-0.2, 0) is 0 Å². The highest BCUT2D eigenvalue weighted by Gasteiger charge is 2.08. The number of nitrogens with two attached hydrogens (primary N) is 1. The number of methoxy groups -OCH3 is 1. The standard InChI is InChI=1S/C11H17N3O2/c1-7-6-9(16-3)4-5-10(7)13-8(2)11(12)14-15/h4-6,8,13,15H,1-3H3,(H2,12,14). The fraction of sp³-hybridized carbons (Fsp3) is 0.364. The van der Waals surface area contributed by atoms with Gasteiger partial charge in [0.1, 0.15) is 5.75 Å². The number of nitrogens with one attached hydrogen (secondary N) is 1. The van der Waals surface area contributed by atoms with Crippen molar-refractivity contribution in [1.29, 1.82) is 0 Å². The van der Waals surface area contributed by atoms with Gasteiger partial charge in [0.05, 0.1) is 13.2 Å². The zero-order chi connectivity index (χ0) is 12.1. The van der Waals surface area contributed by atoms with Crippen molar-refractivity contribution in [3.05, 3.63) is 23.8 Å². The Bertz CT molecular complexity index is 391. The summed E-state index contributed by atoms with van der Waals surface area (Å²) in [5.74, 6) is 0.953. The molecule has 1 aromatic rings. The van der Waals surface area contributed by atoms with E-state index in [-0.39, 0.29) is 11.9 Å². The Morgan fingerprint density at radius 2 is 2.25 bits per heavy atom. The Labute approximate surface area is 94.9 Å². The van der Waals surface area contributed by atoms with Gasteiger partial charge in [0, 0.05) is 5.69 Å². The SMILES string of the molecule is COc1ccc(NC(C)C(N)=NO)c(C)c1. The second-order valence-electron chi connectivity index (χ2n) is 3.57. The van der Waals surface area contributed by atoms with Crippen LogP contribution in [0.1, 0.15) is 12.5 Å². The third-order valence-corrected chi connectivity index (χ3v) is 2.36. The van der Waals surface area contributed by atoms with Gasteiger partial charge in [-0.2, -0.15) is 0 Å². The van der Waals surface area contributed by atoms with Gasteiger partial charge < -0.3 is 21.0 Å². The van der Waals surface area contributed by atoms with Crippen molar-refractivity contribution in [2.24, 2.45) is 10.9 Å². The minimum absolute atomic E-state index is 0.148. The first-order chi connectivity index (χ1) is 7.58. The van der Waals surface area contributed by atoms with Crippen molar-refractivity contribution in [2.45, 2.75) is 19.9 Å². The molecule has 0 fully saturated rings. The largest absolute Gasteiger partial charge is 0.497 e. The molecule has 0 radical (unpaired) electrons. The van der Waals surface area contributed by atoms with E-state index in [0.717, 1.165) is 17.0 Å². The maximum Gasteiger partial charge on any atom is 0.161 e. The minimum Gasteiger partial charge on any atom is -0.497 e. The zero-order valence-corrected chi connectivity index (χ0v) is 9.69. The van der Waals surface area contributed by atoms with E-state index in [9.17, 15) is 0 Å². The fourth-order valence-electron chi connectivity index (χ4n) is 1.32. The lowest BCUT2D eigenvalue weighted by Gasteiger charge is -2.16. The van der Waals surface area contributed by atoms with Gasteiger partial charge in [0.2, 0.25) is 0 Å². The lowest BCUT2D eigenvalue weighted by Crippen LogP contribution is -2.33. The summed E-state index contributed by atoms with van der Waals surface area (Å²) >= 11 is 0. The number of aryl methyl sites for hydroxylation is 1. The number of nitrogens with zero attached hydrogens (tertiary/aromatic N) is 1. The van der Waals surface area contributed by atoms with Crippen LogP contribution in [0.15, 0.2) is 23.4 Å². The molecule has 0 bridgehead atoms. The van der Waals surface area contributed by atoms with Crippen LogP contribution in [-0.4, -0.2) is 24.2 Å². The molecule has 1 atom stereocenters. The first-order valence-electron chi connectivity index (χ1n) is 4.97. The number of benzene rings is 1. The molecule has 5 nitrogen and oxygen atoms in total.